The fourth-order valence-electron chi connectivity index (χ4n) is 2.47. The molecule has 0 unspecified atom stereocenters. The summed E-state index contributed by atoms with van der Waals surface area (Å²) in [6.45, 7) is 0. The van der Waals surface area contributed by atoms with E-state index >= 15 is 0 Å². The van der Waals surface area contributed by atoms with Crippen LogP contribution < -0.4 is 5.32 Å². The van der Waals surface area contributed by atoms with Gasteiger partial charge in [-0.2, -0.15) is 0 Å². The molecule has 3 rings (SSSR count). The molecule has 3 aromatic rings. The van der Waals surface area contributed by atoms with Crippen LogP contribution in [-0.4, -0.2) is 17.4 Å². The monoisotopic (exact) mass is 407 g/mol. The van der Waals surface area contributed by atoms with Gasteiger partial charge in [0.2, 0.25) is 5.91 Å². The Balaban J connectivity index is 1.52. The van der Waals surface area contributed by atoms with Crippen LogP contribution in [0.5, 0.6) is 0 Å². The van der Waals surface area contributed by atoms with Crippen molar-refractivity contribution in [3.8, 4) is 0 Å². The Hall–Kier alpha value is -2.82. The van der Waals surface area contributed by atoms with Crippen LogP contribution in [0, 0.1) is 0 Å². The van der Waals surface area contributed by atoms with Gasteiger partial charge >= 0.3 is 0 Å². The zero-order valence-corrected chi connectivity index (χ0v) is 16.5. The van der Waals surface area contributed by atoms with Gasteiger partial charge < -0.3 is 5.32 Å². The molecule has 0 bridgehead atoms. The number of hydrogen-bond donors (Lipinski definition) is 1. The second-order valence-electron chi connectivity index (χ2n) is 5.95. The number of nitrogens with one attached hydrogen (secondary N) is 1. The molecule has 0 spiro atoms. The van der Waals surface area contributed by atoms with Crippen molar-refractivity contribution in [1.29, 1.82) is 0 Å². The molecule has 5 heteroatoms. The lowest BCUT2D eigenvalue weighted by Crippen LogP contribution is -2.07. The number of thioether (sulfide) groups is 1. The molecule has 0 aliphatic carbocycles. The third-order valence-corrected chi connectivity index (χ3v) is 5.23. The lowest BCUT2D eigenvalue weighted by atomic mass is 10.1. The van der Waals surface area contributed by atoms with Crippen molar-refractivity contribution in [1.82, 2.24) is 0 Å². The summed E-state index contributed by atoms with van der Waals surface area (Å²) in [5.74, 6) is 0.0899. The largest absolute Gasteiger partial charge is 0.323 e. The number of Topliss-reactive ketones (excluding diaryl/α,β-unsaturated/α-hetero) is 1. The summed E-state index contributed by atoms with van der Waals surface area (Å²) in [7, 11) is 0. The zero-order valence-electron chi connectivity index (χ0n) is 15.0. The highest BCUT2D eigenvalue weighted by Crippen LogP contribution is 2.23. The summed E-state index contributed by atoms with van der Waals surface area (Å²) in [5.41, 5.74) is 2.20. The van der Waals surface area contributed by atoms with Crippen LogP contribution in [0.25, 0.3) is 6.08 Å². The number of carbonyl (C=O) groups excluding carboxylic acids is 2. The molecule has 0 atom stereocenters. The van der Waals surface area contributed by atoms with E-state index in [0.29, 0.717) is 22.0 Å². The lowest BCUT2D eigenvalue weighted by Gasteiger charge is -2.06. The fraction of sp³-hybridized carbons (Fsp3) is 0.0435. The van der Waals surface area contributed by atoms with Gasteiger partial charge in [-0.15, -0.1) is 11.8 Å². The van der Waals surface area contributed by atoms with E-state index in [0.717, 1.165) is 10.5 Å². The molecular weight excluding hydrogens is 390 g/mol. The average molecular weight is 408 g/mol. The van der Waals surface area contributed by atoms with Crippen LogP contribution in [0.1, 0.15) is 15.9 Å². The number of rotatable bonds is 7. The minimum absolute atomic E-state index is 0.0148. The van der Waals surface area contributed by atoms with Gasteiger partial charge in [0.25, 0.3) is 0 Å². The zero-order chi connectivity index (χ0) is 19.8. The molecule has 0 aromatic heterocycles. The lowest BCUT2D eigenvalue weighted by molar-refractivity contribution is -0.111. The van der Waals surface area contributed by atoms with Gasteiger partial charge in [-0.25, -0.2) is 0 Å². The van der Waals surface area contributed by atoms with Crippen molar-refractivity contribution in [2.45, 2.75) is 4.90 Å². The molecule has 0 aliphatic rings. The number of amides is 1. The molecule has 1 N–H and O–H groups in total. The van der Waals surface area contributed by atoms with Gasteiger partial charge in [-0.3, -0.25) is 9.59 Å². The van der Waals surface area contributed by atoms with Gasteiger partial charge in [-0.1, -0.05) is 54.1 Å². The van der Waals surface area contributed by atoms with Crippen LogP contribution in [-0.2, 0) is 4.79 Å². The van der Waals surface area contributed by atoms with Crippen molar-refractivity contribution in [2.75, 3.05) is 11.1 Å². The molecule has 0 heterocycles. The Morgan fingerprint density at radius 3 is 2.29 bits per heavy atom. The SMILES string of the molecule is O=C(/C=C/c1ccccc1)Nc1ccc(SCC(=O)c2ccccc2Cl)cc1. The van der Waals surface area contributed by atoms with Crippen LogP contribution >= 0.6 is 23.4 Å². The summed E-state index contributed by atoms with van der Waals surface area (Å²) < 4.78 is 0. The van der Waals surface area contributed by atoms with Crippen LogP contribution in [0.15, 0.2) is 89.8 Å². The quantitative estimate of drug-likeness (QED) is 0.298. The summed E-state index contributed by atoms with van der Waals surface area (Å²) in [4.78, 5) is 25.2. The predicted octanol–water partition coefficient (Wildman–Crippen LogP) is 5.97. The molecule has 0 saturated carbocycles. The van der Waals surface area contributed by atoms with Crippen LogP contribution in [0.4, 0.5) is 5.69 Å². The Bertz CT molecular complexity index is 985. The summed E-state index contributed by atoms with van der Waals surface area (Å²) >= 11 is 7.49. The normalized spacial score (nSPS) is 10.8. The van der Waals surface area contributed by atoms with E-state index in [1.165, 1.54) is 17.8 Å². The minimum Gasteiger partial charge on any atom is -0.323 e. The number of anilines is 1. The maximum absolute atomic E-state index is 12.3. The predicted molar refractivity (Wildman–Crippen MR) is 117 cm³/mol. The highest BCUT2D eigenvalue weighted by atomic mass is 35.5. The van der Waals surface area contributed by atoms with Crippen LogP contribution in [0.3, 0.4) is 0 Å². The second-order valence-corrected chi connectivity index (χ2v) is 7.41. The third kappa shape index (κ3) is 5.84. The Morgan fingerprint density at radius 1 is 0.893 bits per heavy atom. The van der Waals surface area contributed by atoms with E-state index in [2.05, 4.69) is 5.32 Å². The van der Waals surface area contributed by atoms with Gasteiger partial charge in [0.05, 0.1) is 10.8 Å². The van der Waals surface area contributed by atoms with Crippen molar-refractivity contribution in [3.63, 3.8) is 0 Å². The molecule has 0 aliphatic heterocycles. The summed E-state index contributed by atoms with van der Waals surface area (Å²) in [6, 6.07) is 24.1. The van der Waals surface area contributed by atoms with E-state index < -0.39 is 0 Å². The number of ketones is 1. The highest BCUT2D eigenvalue weighted by Gasteiger charge is 2.10. The van der Waals surface area contributed by atoms with Crippen molar-refractivity contribution < 1.29 is 9.59 Å². The van der Waals surface area contributed by atoms with E-state index in [1.54, 1.807) is 30.3 Å². The second kappa shape index (κ2) is 9.93. The Morgan fingerprint density at radius 2 is 1.57 bits per heavy atom. The molecule has 28 heavy (non-hydrogen) atoms. The van der Waals surface area contributed by atoms with E-state index in [-0.39, 0.29) is 11.7 Å². The third-order valence-electron chi connectivity index (χ3n) is 3.89. The van der Waals surface area contributed by atoms with Crippen LogP contribution in [0.2, 0.25) is 5.02 Å². The molecule has 3 aromatic carbocycles. The number of halogens is 1. The summed E-state index contributed by atoms with van der Waals surface area (Å²) in [5, 5.41) is 3.29. The minimum atomic E-state index is -0.196. The van der Waals surface area contributed by atoms with Crippen molar-refractivity contribution in [2.24, 2.45) is 0 Å². The molecule has 0 saturated heterocycles. The number of hydrogen-bond acceptors (Lipinski definition) is 3. The smallest absolute Gasteiger partial charge is 0.248 e. The number of carbonyl (C=O) groups is 2. The Kier molecular flexibility index (Phi) is 7.06. The first kappa shape index (κ1) is 19.9. The van der Waals surface area contributed by atoms with Gasteiger partial charge in [0, 0.05) is 22.2 Å². The highest BCUT2D eigenvalue weighted by molar-refractivity contribution is 8.00. The molecule has 1 amide bonds. The topological polar surface area (TPSA) is 46.2 Å². The van der Waals surface area contributed by atoms with E-state index in [4.69, 9.17) is 11.6 Å². The standard InChI is InChI=1S/C23H18ClNO2S/c24-21-9-5-4-8-20(21)22(26)16-28-19-13-11-18(12-14-19)25-23(27)15-10-17-6-2-1-3-7-17/h1-15H,16H2,(H,25,27)/b15-10+. The molecular formula is C23H18ClNO2S. The first-order valence-electron chi connectivity index (χ1n) is 8.66. The van der Waals surface area contributed by atoms with Crippen molar-refractivity contribution >= 4 is 46.8 Å². The van der Waals surface area contributed by atoms with Gasteiger partial charge in [0.1, 0.15) is 0 Å². The van der Waals surface area contributed by atoms with E-state index in [1.807, 2.05) is 54.6 Å². The molecule has 140 valence electrons. The van der Waals surface area contributed by atoms with Gasteiger partial charge in [-0.05, 0) is 48.0 Å². The maximum Gasteiger partial charge on any atom is 0.248 e. The first-order valence-corrected chi connectivity index (χ1v) is 10.0. The van der Waals surface area contributed by atoms with Crippen molar-refractivity contribution in [3.05, 3.63) is 101 Å². The maximum atomic E-state index is 12.3. The summed E-state index contributed by atoms with van der Waals surface area (Å²) in [6.07, 6.45) is 3.26. The number of benzene rings is 3. The van der Waals surface area contributed by atoms with E-state index in [9.17, 15) is 9.59 Å². The first-order chi connectivity index (χ1) is 13.6. The molecule has 3 nitrogen and oxygen atoms in total. The fourth-order valence-corrected chi connectivity index (χ4v) is 3.49. The Labute approximate surface area is 173 Å². The molecule has 0 fully saturated rings. The average Bonchev–Trinajstić information content (AvgIpc) is 2.72. The molecule has 0 radical (unpaired) electrons. The van der Waals surface area contributed by atoms with Gasteiger partial charge in [0.15, 0.2) is 5.78 Å².